The van der Waals surface area contributed by atoms with Crippen molar-refractivity contribution in [3.05, 3.63) is 34.6 Å². The van der Waals surface area contributed by atoms with Crippen LogP contribution < -0.4 is 0 Å². The Morgan fingerprint density at radius 3 is 2.95 bits per heavy atom. The number of rotatable bonds is 3. The number of hydrogen-bond donors (Lipinski definition) is 0. The molecule has 0 saturated heterocycles. The van der Waals surface area contributed by atoms with E-state index in [1.807, 2.05) is 6.07 Å². The number of esters is 1. The van der Waals surface area contributed by atoms with Gasteiger partial charge in [0.2, 0.25) is 0 Å². The maximum Gasteiger partial charge on any atom is 0.330 e. The molecule has 0 aliphatic rings. The van der Waals surface area contributed by atoms with Gasteiger partial charge in [-0.25, -0.2) is 4.79 Å². The summed E-state index contributed by atoms with van der Waals surface area (Å²) in [6, 6.07) is 5.45. The molecule has 6 heteroatoms. The third kappa shape index (κ3) is 2.37. The number of pyridine rings is 2. The standard InChI is InChI=1S/C14H12BrN3O2/c1-3-20-13(19)14(2,8-16)10-4-5-17-11-6-9(15)7-18-12(10)11/h4-7H,3H2,1-2H3. The fourth-order valence-electron chi connectivity index (χ4n) is 1.90. The summed E-state index contributed by atoms with van der Waals surface area (Å²) in [6.07, 6.45) is 3.16. The molecule has 2 rings (SSSR count). The van der Waals surface area contributed by atoms with Gasteiger partial charge in [-0.15, -0.1) is 0 Å². The zero-order valence-corrected chi connectivity index (χ0v) is 12.6. The van der Waals surface area contributed by atoms with Crippen LogP contribution in [0.1, 0.15) is 19.4 Å². The lowest BCUT2D eigenvalue weighted by atomic mass is 9.83. The molecule has 0 aliphatic carbocycles. The van der Waals surface area contributed by atoms with Gasteiger partial charge >= 0.3 is 5.97 Å². The quantitative estimate of drug-likeness (QED) is 0.807. The number of aromatic nitrogens is 2. The van der Waals surface area contributed by atoms with Gasteiger partial charge in [0, 0.05) is 22.4 Å². The molecule has 0 amide bonds. The van der Waals surface area contributed by atoms with E-state index < -0.39 is 11.4 Å². The highest BCUT2D eigenvalue weighted by molar-refractivity contribution is 9.10. The molecule has 0 aromatic carbocycles. The van der Waals surface area contributed by atoms with Crippen LogP contribution >= 0.6 is 15.9 Å². The van der Waals surface area contributed by atoms with E-state index in [-0.39, 0.29) is 6.61 Å². The molecule has 1 unspecified atom stereocenters. The maximum atomic E-state index is 12.1. The van der Waals surface area contributed by atoms with Crippen molar-refractivity contribution in [1.29, 1.82) is 5.26 Å². The second-order valence-electron chi connectivity index (χ2n) is 4.34. The Bertz CT molecular complexity index is 711. The summed E-state index contributed by atoms with van der Waals surface area (Å²) in [6.45, 7) is 3.46. The third-order valence-corrected chi connectivity index (χ3v) is 3.42. The number of ether oxygens (including phenoxy) is 1. The monoisotopic (exact) mass is 333 g/mol. The summed E-state index contributed by atoms with van der Waals surface area (Å²) in [5.41, 5.74) is 0.226. The van der Waals surface area contributed by atoms with Crippen molar-refractivity contribution in [1.82, 2.24) is 9.97 Å². The molecule has 0 bridgehead atoms. The van der Waals surface area contributed by atoms with E-state index in [4.69, 9.17) is 4.74 Å². The highest BCUT2D eigenvalue weighted by Crippen LogP contribution is 2.30. The summed E-state index contributed by atoms with van der Waals surface area (Å²) in [7, 11) is 0. The number of nitriles is 1. The van der Waals surface area contributed by atoms with E-state index in [1.54, 1.807) is 31.5 Å². The van der Waals surface area contributed by atoms with Gasteiger partial charge in [0.25, 0.3) is 0 Å². The number of fused-ring (bicyclic) bond motifs is 1. The van der Waals surface area contributed by atoms with E-state index >= 15 is 0 Å². The average molecular weight is 334 g/mol. The molecule has 0 radical (unpaired) electrons. The number of carbonyl (C=O) groups is 1. The Kier molecular flexibility index (Phi) is 4.00. The Morgan fingerprint density at radius 1 is 1.55 bits per heavy atom. The number of nitrogens with zero attached hydrogens (tertiary/aromatic N) is 3. The first kappa shape index (κ1) is 14.4. The molecule has 0 saturated carbocycles. The third-order valence-electron chi connectivity index (χ3n) is 2.99. The van der Waals surface area contributed by atoms with Crippen LogP contribution in [0.5, 0.6) is 0 Å². The lowest BCUT2D eigenvalue weighted by molar-refractivity contribution is -0.147. The van der Waals surface area contributed by atoms with Crippen molar-refractivity contribution < 1.29 is 9.53 Å². The minimum atomic E-state index is -1.40. The number of halogens is 1. The molecule has 20 heavy (non-hydrogen) atoms. The van der Waals surface area contributed by atoms with Crippen molar-refractivity contribution in [3.63, 3.8) is 0 Å². The van der Waals surface area contributed by atoms with Crippen LogP contribution in [0.3, 0.4) is 0 Å². The van der Waals surface area contributed by atoms with Crippen molar-refractivity contribution >= 4 is 32.9 Å². The van der Waals surface area contributed by atoms with Gasteiger partial charge < -0.3 is 4.74 Å². The van der Waals surface area contributed by atoms with Crippen molar-refractivity contribution in [3.8, 4) is 6.07 Å². The SMILES string of the molecule is CCOC(=O)C(C)(C#N)c1ccnc2cc(Br)cnc12. The maximum absolute atomic E-state index is 12.1. The van der Waals surface area contributed by atoms with Gasteiger partial charge in [-0.3, -0.25) is 9.97 Å². The summed E-state index contributed by atoms with van der Waals surface area (Å²) in [5, 5.41) is 9.44. The van der Waals surface area contributed by atoms with Gasteiger partial charge in [-0.05, 0) is 41.9 Å². The molecular formula is C14H12BrN3O2. The summed E-state index contributed by atoms with van der Waals surface area (Å²) in [5.74, 6) is -0.584. The van der Waals surface area contributed by atoms with E-state index in [1.165, 1.54) is 6.92 Å². The van der Waals surface area contributed by atoms with Gasteiger partial charge in [0.15, 0.2) is 5.41 Å². The smallest absolute Gasteiger partial charge is 0.330 e. The number of hydrogen-bond acceptors (Lipinski definition) is 5. The molecule has 5 nitrogen and oxygen atoms in total. The van der Waals surface area contributed by atoms with E-state index in [9.17, 15) is 10.1 Å². The van der Waals surface area contributed by atoms with Gasteiger partial charge in [0.05, 0.1) is 23.7 Å². The zero-order valence-electron chi connectivity index (χ0n) is 11.1. The predicted molar refractivity (Wildman–Crippen MR) is 76.8 cm³/mol. The van der Waals surface area contributed by atoms with Crippen LogP contribution in [0, 0.1) is 11.3 Å². The molecule has 0 N–H and O–H groups in total. The average Bonchev–Trinajstić information content (AvgIpc) is 2.45. The molecule has 2 aromatic heterocycles. The van der Waals surface area contributed by atoms with Crippen LogP contribution in [0.15, 0.2) is 29.0 Å². The molecule has 2 aromatic rings. The van der Waals surface area contributed by atoms with Crippen LogP contribution in [-0.4, -0.2) is 22.5 Å². The fourth-order valence-corrected chi connectivity index (χ4v) is 2.22. The Balaban J connectivity index is 2.67. The second kappa shape index (κ2) is 5.55. The molecule has 2 heterocycles. The van der Waals surface area contributed by atoms with E-state index in [2.05, 4.69) is 25.9 Å². The summed E-state index contributed by atoms with van der Waals surface area (Å²) >= 11 is 3.32. The molecule has 102 valence electrons. The lowest BCUT2D eigenvalue weighted by Gasteiger charge is -2.20. The van der Waals surface area contributed by atoms with Crippen molar-refractivity contribution in [2.45, 2.75) is 19.3 Å². The minimum Gasteiger partial charge on any atom is -0.465 e. The van der Waals surface area contributed by atoms with Crippen LogP contribution in [-0.2, 0) is 14.9 Å². The second-order valence-corrected chi connectivity index (χ2v) is 5.25. The first-order valence-electron chi connectivity index (χ1n) is 6.02. The van der Waals surface area contributed by atoms with E-state index in [0.717, 1.165) is 4.47 Å². The van der Waals surface area contributed by atoms with Gasteiger partial charge in [-0.1, -0.05) is 0 Å². The first-order valence-corrected chi connectivity index (χ1v) is 6.81. The Hall–Kier alpha value is -2.00. The predicted octanol–water partition coefficient (Wildman–Crippen LogP) is 2.74. The van der Waals surface area contributed by atoms with Gasteiger partial charge in [0.1, 0.15) is 0 Å². The van der Waals surface area contributed by atoms with Crippen molar-refractivity contribution in [2.75, 3.05) is 6.61 Å². The normalized spacial score (nSPS) is 13.5. The molecule has 0 aliphatic heterocycles. The summed E-state index contributed by atoms with van der Waals surface area (Å²) < 4.78 is 5.79. The van der Waals surface area contributed by atoms with E-state index in [0.29, 0.717) is 16.6 Å². The fraction of sp³-hybridized carbons (Fsp3) is 0.286. The zero-order chi connectivity index (χ0) is 14.8. The highest BCUT2D eigenvalue weighted by Gasteiger charge is 2.39. The molecule has 0 fully saturated rings. The molecule has 1 atom stereocenters. The Morgan fingerprint density at radius 2 is 2.30 bits per heavy atom. The first-order chi connectivity index (χ1) is 9.52. The molecule has 0 spiro atoms. The topological polar surface area (TPSA) is 75.9 Å². The molecular weight excluding hydrogens is 322 g/mol. The highest BCUT2D eigenvalue weighted by atomic mass is 79.9. The summed E-state index contributed by atoms with van der Waals surface area (Å²) in [4.78, 5) is 20.6. The van der Waals surface area contributed by atoms with Crippen LogP contribution in [0.4, 0.5) is 0 Å². The number of carbonyl (C=O) groups excluding carboxylic acids is 1. The minimum absolute atomic E-state index is 0.220. The van der Waals surface area contributed by atoms with Gasteiger partial charge in [-0.2, -0.15) is 5.26 Å². The lowest BCUT2D eigenvalue weighted by Crippen LogP contribution is -2.33. The van der Waals surface area contributed by atoms with Crippen molar-refractivity contribution in [2.24, 2.45) is 0 Å². The Labute approximate surface area is 124 Å². The van der Waals surface area contributed by atoms with Crippen LogP contribution in [0.2, 0.25) is 0 Å². The largest absolute Gasteiger partial charge is 0.465 e. The van der Waals surface area contributed by atoms with Crippen LogP contribution in [0.25, 0.3) is 11.0 Å².